The van der Waals surface area contributed by atoms with E-state index in [2.05, 4.69) is 39.2 Å². The minimum atomic E-state index is -0.0264. The van der Waals surface area contributed by atoms with E-state index >= 15 is 0 Å². The predicted molar refractivity (Wildman–Crippen MR) is 126 cm³/mol. The van der Waals surface area contributed by atoms with Crippen molar-refractivity contribution in [2.45, 2.75) is 55.4 Å². The molecule has 170 valence electrons. The fourth-order valence-electron chi connectivity index (χ4n) is 2.59. The van der Waals surface area contributed by atoms with Crippen LogP contribution in [0.2, 0.25) is 0 Å². The SMILES string of the molecule is C=C(CCCCCNCCCC(=O)Nc1ncc(SCc2ncc(C(=C)C)o2)s1)NO. The summed E-state index contributed by atoms with van der Waals surface area (Å²) in [6, 6.07) is 0. The van der Waals surface area contributed by atoms with Gasteiger partial charge in [-0.05, 0) is 51.3 Å². The molecule has 1 amide bonds. The normalized spacial score (nSPS) is 10.8. The van der Waals surface area contributed by atoms with Crippen LogP contribution < -0.4 is 16.1 Å². The zero-order valence-corrected chi connectivity index (χ0v) is 19.5. The first kappa shape index (κ1) is 25.1. The Hall–Kier alpha value is -2.14. The molecule has 0 saturated heterocycles. The summed E-state index contributed by atoms with van der Waals surface area (Å²) in [6.07, 6.45) is 8.58. The molecule has 0 aliphatic rings. The highest BCUT2D eigenvalue weighted by Gasteiger charge is 2.09. The van der Waals surface area contributed by atoms with Crippen LogP contribution in [0.1, 0.15) is 57.1 Å². The van der Waals surface area contributed by atoms with Gasteiger partial charge in [-0.25, -0.2) is 9.97 Å². The third-order valence-corrected chi connectivity index (χ3v) is 6.38. The molecule has 0 unspecified atom stereocenters. The van der Waals surface area contributed by atoms with Crippen molar-refractivity contribution in [2.24, 2.45) is 0 Å². The number of rotatable bonds is 16. The molecule has 0 atom stereocenters. The van der Waals surface area contributed by atoms with Gasteiger partial charge in [-0.3, -0.25) is 15.5 Å². The van der Waals surface area contributed by atoms with Crippen molar-refractivity contribution in [2.75, 3.05) is 18.4 Å². The number of carbonyl (C=O) groups is 1. The van der Waals surface area contributed by atoms with Gasteiger partial charge in [0.25, 0.3) is 0 Å². The van der Waals surface area contributed by atoms with Crippen molar-refractivity contribution < 1.29 is 14.4 Å². The molecule has 0 saturated carbocycles. The number of amides is 1. The summed E-state index contributed by atoms with van der Waals surface area (Å²) in [7, 11) is 0. The van der Waals surface area contributed by atoms with Crippen LogP contribution in [0.15, 0.2) is 39.9 Å². The minimum absolute atomic E-state index is 0.0264. The molecule has 2 aromatic heterocycles. The van der Waals surface area contributed by atoms with Crippen molar-refractivity contribution in [1.82, 2.24) is 20.8 Å². The number of unbranched alkanes of at least 4 members (excludes halogenated alkanes) is 2. The Morgan fingerprint density at radius 3 is 2.71 bits per heavy atom. The van der Waals surface area contributed by atoms with E-state index in [0.29, 0.717) is 34.7 Å². The number of aromatic nitrogens is 2. The largest absolute Gasteiger partial charge is 0.440 e. The lowest BCUT2D eigenvalue weighted by molar-refractivity contribution is -0.116. The highest BCUT2D eigenvalue weighted by molar-refractivity contribution is 8.00. The second kappa shape index (κ2) is 14.0. The average molecular weight is 466 g/mol. The molecule has 8 nitrogen and oxygen atoms in total. The van der Waals surface area contributed by atoms with Crippen LogP contribution in [0.4, 0.5) is 5.13 Å². The molecule has 0 fully saturated rings. The topological polar surface area (TPSA) is 112 Å². The van der Waals surface area contributed by atoms with Gasteiger partial charge in [0, 0.05) is 12.1 Å². The van der Waals surface area contributed by atoms with Crippen molar-refractivity contribution in [3.8, 4) is 0 Å². The van der Waals surface area contributed by atoms with Gasteiger partial charge in [0.1, 0.15) is 5.76 Å². The maximum Gasteiger partial charge on any atom is 0.226 e. The van der Waals surface area contributed by atoms with E-state index < -0.39 is 0 Å². The quantitative estimate of drug-likeness (QED) is 0.159. The molecule has 10 heteroatoms. The standard InChI is InChI=1S/C21H31N5O3S2/c1-15(2)17-12-23-19(29-17)14-30-20-13-24-21(31-20)25-18(27)9-7-11-22-10-6-4-5-8-16(3)26-28/h12-13,22,26,28H,1,3-11,14H2,2H3,(H,24,25,27). The first-order valence-corrected chi connectivity index (χ1v) is 12.1. The summed E-state index contributed by atoms with van der Waals surface area (Å²) < 4.78 is 6.60. The highest BCUT2D eigenvalue weighted by Crippen LogP contribution is 2.31. The third-order valence-electron chi connectivity index (χ3n) is 4.29. The molecule has 2 heterocycles. The summed E-state index contributed by atoms with van der Waals surface area (Å²) in [6.45, 7) is 11.1. The van der Waals surface area contributed by atoms with E-state index in [1.54, 1.807) is 24.2 Å². The number of hydrogen-bond acceptors (Lipinski definition) is 9. The van der Waals surface area contributed by atoms with Crippen LogP contribution in [0.25, 0.3) is 5.57 Å². The number of oxazole rings is 1. The number of nitrogens with one attached hydrogen (secondary N) is 3. The fourth-order valence-corrected chi connectivity index (χ4v) is 4.33. The summed E-state index contributed by atoms with van der Waals surface area (Å²) >= 11 is 3.01. The zero-order valence-electron chi connectivity index (χ0n) is 17.9. The van der Waals surface area contributed by atoms with Gasteiger partial charge >= 0.3 is 0 Å². The molecule has 0 bridgehead atoms. The lowest BCUT2D eigenvalue weighted by Gasteiger charge is -2.06. The number of carbonyl (C=O) groups excluding carboxylic acids is 1. The Bertz CT molecular complexity index is 850. The van der Waals surface area contributed by atoms with Gasteiger partial charge in [0.05, 0.1) is 22.4 Å². The summed E-state index contributed by atoms with van der Waals surface area (Å²) in [5, 5.41) is 15.5. The van der Waals surface area contributed by atoms with Gasteiger partial charge in [-0.1, -0.05) is 30.9 Å². The van der Waals surface area contributed by atoms with Gasteiger partial charge in [0.15, 0.2) is 5.13 Å². The first-order chi connectivity index (χ1) is 15.0. The molecule has 0 aliphatic carbocycles. The second-order valence-corrected chi connectivity index (χ2v) is 9.41. The summed E-state index contributed by atoms with van der Waals surface area (Å²) in [5.41, 5.74) is 3.57. The molecular weight excluding hydrogens is 434 g/mol. The summed E-state index contributed by atoms with van der Waals surface area (Å²) in [4.78, 5) is 20.6. The van der Waals surface area contributed by atoms with E-state index in [1.807, 2.05) is 6.92 Å². The second-order valence-electron chi connectivity index (χ2n) is 7.10. The third kappa shape index (κ3) is 10.1. The first-order valence-electron chi connectivity index (χ1n) is 10.3. The maximum atomic E-state index is 12.1. The Labute approximate surface area is 191 Å². The number of nitrogens with zero attached hydrogens (tertiary/aromatic N) is 2. The number of allylic oxidation sites excluding steroid dienone is 2. The monoisotopic (exact) mass is 465 g/mol. The van der Waals surface area contributed by atoms with Gasteiger partial charge < -0.3 is 15.1 Å². The lowest BCUT2D eigenvalue weighted by Crippen LogP contribution is -2.19. The Kier molecular flexibility index (Phi) is 11.4. The molecule has 0 radical (unpaired) electrons. The zero-order chi connectivity index (χ0) is 22.5. The molecule has 0 spiro atoms. The van der Waals surface area contributed by atoms with Crippen molar-refractivity contribution in [3.05, 3.63) is 42.9 Å². The van der Waals surface area contributed by atoms with Crippen LogP contribution in [-0.4, -0.2) is 34.2 Å². The molecule has 2 aromatic rings. The van der Waals surface area contributed by atoms with Gasteiger partial charge in [-0.2, -0.15) is 0 Å². The smallest absolute Gasteiger partial charge is 0.226 e. The van der Waals surface area contributed by atoms with Crippen molar-refractivity contribution >= 4 is 39.7 Å². The van der Waals surface area contributed by atoms with E-state index in [4.69, 9.17) is 9.62 Å². The van der Waals surface area contributed by atoms with Crippen molar-refractivity contribution in [1.29, 1.82) is 0 Å². The Morgan fingerprint density at radius 2 is 1.97 bits per heavy atom. The van der Waals surface area contributed by atoms with Gasteiger partial charge in [-0.15, -0.1) is 11.8 Å². The highest BCUT2D eigenvalue weighted by atomic mass is 32.2. The fraction of sp³-hybridized carbons (Fsp3) is 0.476. The summed E-state index contributed by atoms with van der Waals surface area (Å²) in [5.74, 6) is 1.91. The molecule has 2 rings (SSSR count). The predicted octanol–water partition coefficient (Wildman–Crippen LogP) is 4.82. The number of thioether (sulfide) groups is 1. The molecule has 0 aliphatic heterocycles. The Balaban J connectivity index is 1.54. The average Bonchev–Trinajstić information content (AvgIpc) is 3.40. The van der Waals surface area contributed by atoms with Crippen LogP contribution in [0.3, 0.4) is 0 Å². The number of hydrogen-bond donors (Lipinski definition) is 4. The van der Waals surface area contributed by atoms with E-state index in [-0.39, 0.29) is 5.91 Å². The molecule has 4 N–H and O–H groups in total. The number of anilines is 1. The van der Waals surface area contributed by atoms with Crippen molar-refractivity contribution in [3.63, 3.8) is 0 Å². The molecule has 31 heavy (non-hydrogen) atoms. The lowest BCUT2D eigenvalue weighted by atomic mass is 10.1. The maximum absolute atomic E-state index is 12.1. The van der Waals surface area contributed by atoms with Crippen LogP contribution in [-0.2, 0) is 10.5 Å². The van der Waals surface area contributed by atoms with Crippen LogP contribution >= 0.6 is 23.1 Å². The minimum Gasteiger partial charge on any atom is -0.440 e. The Morgan fingerprint density at radius 1 is 1.16 bits per heavy atom. The molecule has 0 aromatic carbocycles. The van der Waals surface area contributed by atoms with E-state index in [0.717, 1.165) is 55.0 Å². The molecular formula is C21H31N5O3S2. The number of hydroxylamine groups is 1. The number of thiazole rings is 1. The van der Waals surface area contributed by atoms with Gasteiger partial charge in [0.2, 0.25) is 11.8 Å². The van der Waals surface area contributed by atoms with Crippen LogP contribution in [0.5, 0.6) is 0 Å². The van der Waals surface area contributed by atoms with E-state index in [9.17, 15) is 4.79 Å². The van der Waals surface area contributed by atoms with E-state index in [1.165, 1.54) is 11.3 Å². The van der Waals surface area contributed by atoms with Crippen LogP contribution in [0, 0.1) is 0 Å².